The Hall–Kier alpha value is -3.75. The van der Waals surface area contributed by atoms with Gasteiger partial charge in [0.25, 0.3) is 0 Å². The zero-order chi connectivity index (χ0) is 31.1. The molecule has 41 heavy (non-hydrogen) atoms. The summed E-state index contributed by atoms with van der Waals surface area (Å²) < 4.78 is 25.8. The van der Waals surface area contributed by atoms with E-state index in [1.165, 1.54) is 18.2 Å². The first-order chi connectivity index (χ1) is 19.9. The summed E-state index contributed by atoms with van der Waals surface area (Å²) in [5, 5.41) is 15.3. The van der Waals surface area contributed by atoms with Crippen molar-refractivity contribution in [3.05, 3.63) is 108 Å². The molecule has 0 bridgehead atoms. The van der Waals surface area contributed by atoms with Gasteiger partial charge < -0.3 is 20.1 Å². The average Bonchev–Trinajstić information content (AvgIpc) is 2.98. The molecule has 0 aliphatic heterocycles. The van der Waals surface area contributed by atoms with Crippen molar-refractivity contribution in [1.29, 1.82) is 0 Å². The van der Waals surface area contributed by atoms with Gasteiger partial charge in [-0.1, -0.05) is 55.4 Å². The first-order valence-corrected chi connectivity index (χ1v) is 13.6. The highest BCUT2D eigenvalue weighted by Crippen LogP contribution is 2.11. The van der Waals surface area contributed by atoms with Crippen LogP contribution in [0.3, 0.4) is 0 Å². The number of benzene rings is 1. The van der Waals surface area contributed by atoms with Crippen LogP contribution in [0.1, 0.15) is 58.4 Å². The Balaban J connectivity index is 0. The maximum Gasteiger partial charge on any atom is 0.135 e. The van der Waals surface area contributed by atoms with E-state index in [1.807, 2.05) is 45.9 Å². The number of halogens is 2. The quantitative estimate of drug-likeness (QED) is 0.0620. The number of hydrogen-bond acceptors (Lipinski definition) is 6. The van der Waals surface area contributed by atoms with E-state index in [9.17, 15) is 8.78 Å². The highest BCUT2D eigenvalue weighted by atomic mass is 19.1. The molecule has 0 spiro atoms. The molecule has 1 rings (SSSR count). The summed E-state index contributed by atoms with van der Waals surface area (Å²) in [4.78, 5) is 17.4. The molecule has 1 aromatic carbocycles. The molecular weight excluding hydrogens is 524 g/mol. The minimum Gasteiger partial charge on any atom is -0.396 e. The van der Waals surface area contributed by atoms with Crippen molar-refractivity contribution in [3.63, 3.8) is 0 Å². The molecular formula is C33H47F2N3O3. The van der Waals surface area contributed by atoms with Crippen molar-refractivity contribution >= 4 is 19.7 Å². The summed E-state index contributed by atoms with van der Waals surface area (Å²) in [6, 6.07) is 6.27. The van der Waals surface area contributed by atoms with Crippen molar-refractivity contribution in [2.45, 2.75) is 59.3 Å². The van der Waals surface area contributed by atoms with Crippen LogP contribution in [0.5, 0.6) is 0 Å². The third kappa shape index (κ3) is 22.7. The Morgan fingerprint density at radius 2 is 1.83 bits per heavy atom. The van der Waals surface area contributed by atoms with Gasteiger partial charge in [0.05, 0.1) is 5.70 Å². The molecule has 2 N–H and O–H groups in total. The topological polar surface area (TPSA) is 83.3 Å². The van der Waals surface area contributed by atoms with E-state index < -0.39 is 0 Å². The second-order valence-corrected chi connectivity index (χ2v) is 8.31. The molecule has 0 amide bonds. The smallest absolute Gasteiger partial charge is 0.135 e. The van der Waals surface area contributed by atoms with Gasteiger partial charge in [-0.15, -0.1) is 0 Å². The van der Waals surface area contributed by atoms with Crippen LogP contribution in [0, 0.1) is 5.82 Å². The molecule has 1 aromatic rings. The van der Waals surface area contributed by atoms with Gasteiger partial charge in [-0.2, -0.15) is 0 Å². The van der Waals surface area contributed by atoms with Crippen LogP contribution >= 0.6 is 0 Å². The second kappa shape index (κ2) is 29.2. The van der Waals surface area contributed by atoms with Crippen LogP contribution in [0.2, 0.25) is 0 Å². The summed E-state index contributed by atoms with van der Waals surface area (Å²) >= 11 is 0. The molecule has 0 atom stereocenters. The molecule has 0 aliphatic rings. The highest BCUT2D eigenvalue weighted by Gasteiger charge is 2.00. The number of nitrogens with zero attached hydrogens (tertiary/aromatic N) is 2. The number of aliphatic hydroxyl groups is 1. The number of rotatable bonds is 18. The van der Waals surface area contributed by atoms with Crippen LogP contribution in [0.25, 0.3) is 0 Å². The minimum absolute atomic E-state index is 0.204. The van der Waals surface area contributed by atoms with Crippen LogP contribution in [0.4, 0.5) is 8.78 Å². The fraction of sp³-hybridized carbons (Fsp3) is 0.364. The lowest BCUT2D eigenvalue weighted by Gasteiger charge is -2.06. The molecule has 0 heterocycles. The van der Waals surface area contributed by atoms with Crippen molar-refractivity contribution < 1.29 is 23.5 Å². The zero-order valence-corrected chi connectivity index (χ0v) is 24.8. The summed E-state index contributed by atoms with van der Waals surface area (Å²) in [7, 11) is 0. The van der Waals surface area contributed by atoms with Gasteiger partial charge in [-0.25, -0.2) is 8.78 Å². The van der Waals surface area contributed by atoms with E-state index in [4.69, 9.17) is 14.7 Å². The third-order valence-electron chi connectivity index (χ3n) is 5.17. The van der Waals surface area contributed by atoms with Gasteiger partial charge in [0.15, 0.2) is 0 Å². The number of hydrogen-bond donors (Lipinski definition) is 2. The Morgan fingerprint density at radius 3 is 2.39 bits per heavy atom. The normalized spacial score (nSPS) is 12.4. The monoisotopic (exact) mass is 571 g/mol. The van der Waals surface area contributed by atoms with E-state index in [-0.39, 0.29) is 18.3 Å². The van der Waals surface area contributed by atoms with E-state index in [2.05, 4.69) is 28.8 Å². The Labute approximate surface area is 245 Å². The number of allylic oxidation sites excluding steroid dienone is 7. The van der Waals surface area contributed by atoms with Crippen molar-refractivity contribution in [2.24, 2.45) is 10.1 Å². The Morgan fingerprint density at radius 1 is 1.12 bits per heavy atom. The van der Waals surface area contributed by atoms with Crippen molar-refractivity contribution in [3.8, 4) is 0 Å². The fourth-order valence-electron chi connectivity index (χ4n) is 3.14. The SMILES string of the molecule is C=C/C(CNC/C=C\C(F)=C/CC)=C(\C=C\C)N=CCCCCCO.C=NO/C(=C\C)Cc1ccc(F)cc1.C=O. The lowest BCUT2D eigenvalue weighted by Crippen LogP contribution is -2.17. The van der Waals surface area contributed by atoms with Gasteiger partial charge >= 0.3 is 0 Å². The van der Waals surface area contributed by atoms with Gasteiger partial charge in [0.1, 0.15) is 24.2 Å². The van der Waals surface area contributed by atoms with Crippen LogP contribution in [-0.2, 0) is 16.1 Å². The van der Waals surface area contributed by atoms with Crippen molar-refractivity contribution in [2.75, 3.05) is 19.7 Å². The standard InChI is InChI=1S/C21H33FN2O.C11H12FNO.CH2O/c1-4-12-20(22)14-11-15-23-18-19(6-3)21(13-5-2)24-16-9-7-8-10-17-25;1-3-11(14-13-2)8-9-4-6-10(12)7-5-9;1-2/h5-6,11-14,16,23,25H,3-4,7-10,15,17-18H2,1-2H3;3-7H,2,8H2,1H3;1H2/b13-5+,14-11-,20-12+,21-19-,24-16?;11-3-;. The molecule has 6 nitrogen and oxygen atoms in total. The summed E-state index contributed by atoms with van der Waals surface area (Å²) in [6.45, 7) is 16.3. The lowest BCUT2D eigenvalue weighted by atomic mass is 10.1. The number of carbonyl (C=O) groups excluding carboxylic acids is 1. The number of unbranched alkanes of at least 4 members (excludes halogenated alkanes) is 3. The maximum absolute atomic E-state index is 13.2. The summed E-state index contributed by atoms with van der Waals surface area (Å²) in [5.74, 6) is 0.259. The second-order valence-electron chi connectivity index (χ2n) is 8.31. The predicted molar refractivity (Wildman–Crippen MR) is 169 cm³/mol. The van der Waals surface area contributed by atoms with Crippen LogP contribution < -0.4 is 5.32 Å². The molecule has 0 aromatic heterocycles. The van der Waals surface area contributed by atoms with Crippen molar-refractivity contribution in [1.82, 2.24) is 5.32 Å². The molecule has 0 aliphatic carbocycles. The van der Waals surface area contributed by atoms with Crippen LogP contribution in [-0.4, -0.2) is 44.5 Å². The number of carbonyl (C=O) groups is 1. The van der Waals surface area contributed by atoms with Gasteiger partial charge in [0.2, 0.25) is 0 Å². The molecule has 0 unspecified atom stereocenters. The Bertz CT molecular complexity index is 1010. The molecule has 226 valence electrons. The molecule has 0 saturated carbocycles. The highest BCUT2D eigenvalue weighted by molar-refractivity contribution is 5.60. The average molecular weight is 572 g/mol. The van der Waals surface area contributed by atoms with E-state index in [1.54, 1.807) is 36.4 Å². The van der Waals surface area contributed by atoms with Gasteiger partial charge in [0, 0.05) is 39.0 Å². The molecule has 0 fully saturated rings. The number of nitrogens with one attached hydrogen (secondary N) is 1. The fourth-order valence-corrected chi connectivity index (χ4v) is 3.14. The summed E-state index contributed by atoms with van der Waals surface area (Å²) in [5.41, 5.74) is 2.86. The maximum atomic E-state index is 13.2. The van der Waals surface area contributed by atoms with E-state index in [0.717, 1.165) is 42.5 Å². The first-order valence-electron chi connectivity index (χ1n) is 13.6. The molecule has 0 radical (unpaired) electrons. The largest absolute Gasteiger partial charge is 0.396 e. The van der Waals surface area contributed by atoms with Crippen LogP contribution in [0.15, 0.2) is 106 Å². The van der Waals surface area contributed by atoms with Gasteiger partial charge in [-0.3, -0.25) is 4.99 Å². The van der Waals surface area contributed by atoms with E-state index in [0.29, 0.717) is 31.7 Å². The first kappa shape index (κ1) is 39.4. The number of aliphatic imine (C=N–C) groups is 1. The number of aliphatic hydroxyl groups excluding tert-OH is 1. The predicted octanol–water partition coefficient (Wildman–Crippen LogP) is 7.75. The third-order valence-corrected chi connectivity index (χ3v) is 5.17. The summed E-state index contributed by atoms with van der Waals surface area (Å²) in [6.07, 6.45) is 19.3. The zero-order valence-electron chi connectivity index (χ0n) is 24.8. The lowest BCUT2D eigenvalue weighted by molar-refractivity contribution is -0.0980. The molecule has 0 saturated heterocycles. The minimum atomic E-state index is -0.237. The molecule has 8 heteroatoms. The van der Waals surface area contributed by atoms with E-state index >= 15 is 0 Å². The van der Waals surface area contributed by atoms with Gasteiger partial charge in [-0.05, 0) is 87.1 Å². The Kier molecular flexibility index (Phi) is 28.1. The number of oxime groups is 1.